The molecular weight excluding hydrogens is 236 g/mol. The molecule has 0 aromatic carbocycles. The number of aliphatic carboxylic acids is 1. The Bertz CT molecular complexity index is 425. The first-order valence-corrected chi connectivity index (χ1v) is 5.86. The summed E-state index contributed by atoms with van der Waals surface area (Å²) in [5, 5.41) is 14.9. The Morgan fingerprint density at radius 1 is 1.44 bits per heavy atom. The third kappa shape index (κ3) is 4.57. The van der Waals surface area contributed by atoms with Crippen molar-refractivity contribution >= 4 is 11.9 Å². The van der Waals surface area contributed by atoms with E-state index < -0.39 is 17.9 Å². The van der Waals surface area contributed by atoms with E-state index in [1.54, 1.807) is 13.0 Å². The summed E-state index contributed by atoms with van der Waals surface area (Å²) in [4.78, 5) is 22.2. The second kappa shape index (κ2) is 6.18. The normalized spacial score (nSPS) is 12.4. The van der Waals surface area contributed by atoms with Gasteiger partial charge in [-0.3, -0.25) is 9.59 Å². The van der Waals surface area contributed by atoms with Gasteiger partial charge in [0.25, 0.3) is 5.91 Å². The van der Waals surface area contributed by atoms with Gasteiger partial charge < -0.3 is 14.9 Å². The van der Waals surface area contributed by atoms with Crippen molar-refractivity contribution in [2.24, 2.45) is 5.92 Å². The maximum Gasteiger partial charge on any atom is 0.305 e. The lowest BCUT2D eigenvalue weighted by molar-refractivity contribution is -0.137. The van der Waals surface area contributed by atoms with E-state index in [4.69, 9.17) is 9.63 Å². The zero-order valence-electron chi connectivity index (χ0n) is 10.8. The van der Waals surface area contributed by atoms with Gasteiger partial charge in [0.05, 0.1) is 12.1 Å². The van der Waals surface area contributed by atoms with Gasteiger partial charge in [-0.05, 0) is 19.3 Å². The van der Waals surface area contributed by atoms with Crippen molar-refractivity contribution < 1.29 is 19.2 Å². The summed E-state index contributed by atoms with van der Waals surface area (Å²) >= 11 is 0. The number of carbonyl (C=O) groups excluding carboxylic acids is 1. The maximum atomic E-state index is 11.7. The van der Waals surface area contributed by atoms with E-state index >= 15 is 0 Å². The molecule has 1 heterocycles. The molecule has 0 unspecified atom stereocenters. The van der Waals surface area contributed by atoms with Crippen molar-refractivity contribution in [3.05, 3.63) is 17.5 Å². The third-order valence-corrected chi connectivity index (χ3v) is 2.26. The van der Waals surface area contributed by atoms with Crippen molar-refractivity contribution in [3.63, 3.8) is 0 Å². The zero-order chi connectivity index (χ0) is 13.7. The minimum atomic E-state index is -0.958. The van der Waals surface area contributed by atoms with Crippen LogP contribution < -0.4 is 5.32 Å². The van der Waals surface area contributed by atoms with Crippen LogP contribution in [0.5, 0.6) is 0 Å². The summed E-state index contributed by atoms with van der Waals surface area (Å²) in [6.45, 7) is 5.71. The molecule has 0 saturated heterocycles. The van der Waals surface area contributed by atoms with E-state index in [2.05, 4.69) is 10.5 Å². The fourth-order valence-electron chi connectivity index (χ4n) is 1.54. The summed E-state index contributed by atoms with van der Waals surface area (Å²) in [6, 6.07) is 1.14. The fraction of sp³-hybridized carbons (Fsp3) is 0.583. The molecule has 0 bridgehead atoms. The van der Waals surface area contributed by atoms with Crippen molar-refractivity contribution in [2.45, 2.75) is 39.7 Å². The number of nitrogens with one attached hydrogen (secondary N) is 1. The molecule has 0 spiro atoms. The van der Waals surface area contributed by atoms with Crippen LogP contribution >= 0.6 is 0 Å². The minimum Gasteiger partial charge on any atom is -0.481 e. The van der Waals surface area contributed by atoms with Gasteiger partial charge in [0.1, 0.15) is 0 Å². The summed E-state index contributed by atoms with van der Waals surface area (Å²) in [5.41, 5.74) is 0.723. The van der Waals surface area contributed by atoms with Gasteiger partial charge in [-0.1, -0.05) is 19.0 Å². The van der Waals surface area contributed by atoms with Crippen LogP contribution in [-0.4, -0.2) is 28.2 Å². The van der Waals surface area contributed by atoms with Crippen molar-refractivity contribution in [2.75, 3.05) is 0 Å². The molecule has 0 fully saturated rings. The van der Waals surface area contributed by atoms with Gasteiger partial charge in [-0.25, -0.2) is 0 Å². The van der Waals surface area contributed by atoms with E-state index in [1.807, 2.05) is 13.8 Å². The summed E-state index contributed by atoms with van der Waals surface area (Å²) < 4.78 is 4.92. The zero-order valence-corrected chi connectivity index (χ0v) is 10.8. The topological polar surface area (TPSA) is 92.4 Å². The Hall–Kier alpha value is -1.85. The van der Waals surface area contributed by atoms with Gasteiger partial charge in [-0.2, -0.15) is 0 Å². The lowest BCUT2D eigenvalue weighted by Crippen LogP contribution is -2.33. The number of carbonyl (C=O) groups is 2. The highest BCUT2D eigenvalue weighted by Gasteiger charge is 2.17. The van der Waals surface area contributed by atoms with Crippen LogP contribution in [0.2, 0.25) is 0 Å². The standard InChI is InChI=1S/C12H18N2O4/c1-7(2)4-9-6-10(18-14-9)12(17)13-8(3)5-11(15)16/h6-8H,4-5H2,1-3H3,(H,13,17)(H,15,16)/t8-/m1/s1. The van der Waals surface area contributed by atoms with Gasteiger partial charge in [0.15, 0.2) is 0 Å². The van der Waals surface area contributed by atoms with Gasteiger partial charge in [0.2, 0.25) is 5.76 Å². The molecule has 18 heavy (non-hydrogen) atoms. The molecule has 6 heteroatoms. The molecule has 0 aliphatic rings. The number of rotatable bonds is 6. The number of hydrogen-bond acceptors (Lipinski definition) is 4. The van der Waals surface area contributed by atoms with Gasteiger partial charge in [0, 0.05) is 12.1 Å². The predicted octanol–water partition coefficient (Wildman–Crippen LogP) is 1.47. The van der Waals surface area contributed by atoms with E-state index in [-0.39, 0.29) is 12.2 Å². The third-order valence-electron chi connectivity index (χ3n) is 2.26. The Kier molecular flexibility index (Phi) is 4.88. The quantitative estimate of drug-likeness (QED) is 0.801. The van der Waals surface area contributed by atoms with Crippen LogP contribution in [0.25, 0.3) is 0 Å². The molecule has 1 aromatic rings. The molecule has 0 radical (unpaired) electrons. The van der Waals surface area contributed by atoms with E-state index in [0.29, 0.717) is 5.92 Å². The highest BCUT2D eigenvalue weighted by Crippen LogP contribution is 2.09. The Labute approximate surface area is 105 Å². The first-order chi connectivity index (χ1) is 8.38. The first kappa shape index (κ1) is 14.2. The Balaban J connectivity index is 2.56. The average molecular weight is 254 g/mol. The van der Waals surface area contributed by atoms with Gasteiger partial charge in [-0.15, -0.1) is 0 Å². The number of aromatic nitrogens is 1. The van der Waals surface area contributed by atoms with Crippen LogP contribution in [0.3, 0.4) is 0 Å². The molecule has 1 rings (SSSR count). The van der Waals surface area contributed by atoms with Crippen LogP contribution in [0.15, 0.2) is 10.6 Å². The molecule has 1 atom stereocenters. The predicted molar refractivity (Wildman–Crippen MR) is 64.2 cm³/mol. The van der Waals surface area contributed by atoms with Gasteiger partial charge >= 0.3 is 5.97 Å². The number of nitrogens with zero attached hydrogens (tertiary/aromatic N) is 1. The monoisotopic (exact) mass is 254 g/mol. The molecule has 6 nitrogen and oxygen atoms in total. The summed E-state index contributed by atoms with van der Waals surface area (Å²) in [5.74, 6) is -0.855. The van der Waals surface area contributed by atoms with Crippen LogP contribution in [0.1, 0.15) is 43.4 Å². The van der Waals surface area contributed by atoms with E-state index in [9.17, 15) is 9.59 Å². The molecule has 0 saturated carbocycles. The van der Waals surface area contributed by atoms with E-state index in [1.165, 1.54) is 0 Å². The Morgan fingerprint density at radius 3 is 2.67 bits per heavy atom. The van der Waals surface area contributed by atoms with Crippen LogP contribution in [0, 0.1) is 5.92 Å². The maximum absolute atomic E-state index is 11.7. The number of amides is 1. The molecule has 0 aliphatic heterocycles. The SMILES string of the molecule is CC(C)Cc1cc(C(=O)N[C@H](C)CC(=O)O)on1. The minimum absolute atomic E-state index is 0.114. The van der Waals surface area contributed by atoms with Crippen molar-refractivity contribution in [1.29, 1.82) is 0 Å². The lowest BCUT2D eigenvalue weighted by atomic mass is 10.1. The number of carboxylic acids is 1. The summed E-state index contributed by atoms with van der Waals surface area (Å²) in [6.07, 6.45) is 0.611. The van der Waals surface area contributed by atoms with Crippen molar-refractivity contribution in [1.82, 2.24) is 10.5 Å². The van der Waals surface area contributed by atoms with Crippen LogP contribution in [0.4, 0.5) is 0 Å². The second-order valence-corrected chi connectivity index (χ2v) is 4.75. The van der Waals surface area contributed by atoms with Crippen molar-refractivity contribution in [3.8, 4) is 0 Å². The molecule has 1 amide bonds. The first-order valence-electron chi connectivity index (χ1n) is 5.86. The van der Waals surface area contributed by atoms with E-state index in [0.717, 1.165) is 12.1 Å². The number of carboxylic acid groups (broad SMARTS) is 1. The molecular formula is C12H18N2O4. The van der Waals surface area contributed by atoms with Crippen LogP contribution in [-0.2, 0) is 11.2 Å². The number of hydrogen-bond donors (Lipinski definition) is 2. The molecule has 100 valence electrons. The molecule has 0 aliphatic carbocycles. The molecule has 2 N–H and O–H groups in total. The lowest BCUT2D eigenvalue weighted by Gasteiger charge is -2.09. The smallest absolute Gasteiger partial charge is 0.305 e. The highest BCUT2D eigenvalue weighted by atomic mass is 16.5. The fourth-order valence-corrected chi connectivity index (χ4v) is 1.54. The second-order valence-electron chi connectivity index (χ2n) is 4.75. The Morgan fingerprint density at radius 2 is 2.11 bits per heavy atom. The largest absolute Gasteiger partial charge is 0.481 e. The molecule has 1 aromatic heterocycles. The highest BCUT2D eigenvalue weighted by molar-refractivity contribution is 5.91. The average Bonchev–Trinajstić information content (AvgIpc) is 2.63. The summed E-state index contributed by atoms with van der Waals surface area (Å²) in [7, 11) is 0.